The van der Waals surface area contributed by atoms with Crippen molar-refractivity contribution in [1.82, 2.24) is 0 Å². The fourth-order valence-corrected chi connectivity index (χ4v) is 21.9. The molecular weight excluding hydrogens is 439 g/mol. The van der Waals surface area contributed by atoms with E-state index in [1.807, 2.05) is 24.3 Å². The molecule has 162 valence electrons. The van der Waals surface area contributed by atoms with Crippen LogP contribution in [0, 0.1) is 11.3 Å². The van der Waals surface area contributed by atoms with E-state index in [2.05, 4.69) is 89.3 Å². The zero-order chi connectivity index (χ0) is 22.8. The quantitative estimate of drug-likeness (QED) is 0.446. The van der Waals surface area contributed by atoms with Crippen LogP contribution in [0.4, 0.5) is 0 Å². The second-order valence-corrected chi connectivity index (χ2v) is 25.9. The average Bonchev–Trinajstić information content (AvgIpc) is 2.57. The molecule has 0 unspecified atom stereocenters. The first-order chi connectivity index (χ1) is 13.6. The maximum Gasteiger partial charge on any atom is 0.312 e. The van der Waals surface area contributed by atoms with Crippen LogP contribution in [0.2, 0.25) is 58.9 Å². The fraction of sp³-hybridized carbons (Fsp3) is 0.409. The SMILES string of the molecule is C[Si](C)(C)O[Si](C)(C)O[Si](C)(C)O[Si](C)(C)c1ccc(-c2ccc(C#N)cc2)cc1. The highest BCUT2D eigenvalue weighted by molar-refractivity contribution is 6.93. The summed E-state index contributed by atoms with van der Waals surface area (Å²) >= 11 is 0. The Kier molecular flexibility index (Phi) is 7.52. The van der Waals surface area contributed by atoms with Gasteiger partial charge in [0.1, 0.15) is 0 Å². The summed E-state index contributed by atoms with van der Waals surface area (Å²) in [6.07, 6.45) is 0. The van der Waals surface area contributed by atoms with E-state index < -0.39 is 33.8 Å². The number of nitriles is 1. The van der Waals surface area contributed by atoms with Gasteiger partial charge in [0.2, 0.25) is 8.32 Å². The molecule has 0 aliphatic carbocycles. The predicted octanol–water partition coefficient (Wildman–Crippen LogP) is 5.93. The minimum absolute atomic E-state index is 0.675. The van der Waals surface area contributed by atoms with Gasteiger partial charge in [0.25, 0.3) is 0 Å². The molecule has 30 heavy (non-hydrogen) atoms. The van der Waals surface area contributed by atoms with Crippen LogP contribution in [0.15, 0.2) is 48.5 Å². The molecule has 0 N–H and O–H groups in total. The van der Waals surface area contributed by atoms with Crippen molar-refractivity contribution in [1.29, 1.82) is 5.26 Å². The van der Waals surface area contributed by atoms with Gasteiger partial charge in [-0.2, -0.15) is 5.26 Å². The number of rotatable bonds is 8. The lowest BCUT2D eigenvalue weighted by atomic mass is 10.0. The highest BCUT2D eigenvalue weighted by Gasteiger charge is 2.43. The first-order valence-corrected chi connectivity index (χ1v) is 22.3. The standard InChI is InChI=1S/C22H35NO3Si4/c1-27(2,3)24-29(6,7)26-30(8,9)25-28(4,5)22-16-14-21(15-17-22)20-12-10-19(18-23)11-13-20/h10-17H,1-9H3. The highest BCUT2D eigenvalue weighted by Crippen LogP contribution is 2.25. The number of benzene rings is 2. The Morgan fingerprint density at radius 2 is 1.03 bits per heavy atom. The Balaban J connectivity index is 2.14. The molecule has 0 radical (unpaired) electrons. The Hall–Kier alpha value is -1.32. The second kappa shape index (κ2) is 9.04. The van der Waals surface area contributed by atoms with Gasteiger partial charge in [-0.05, 0) is 87.4 Å². The van der Waals surface area contributed by atoms with Crippen LogP contribution in [0.1, 0.15) is 5.56 Å². The van der Waals surface area contributed by atoms with Gasteiger partial charge in [-0.15, -0.1) is 0 Å². The van der Waals surface area contributed by atoms with E-state index in [0.29, 0.717) is 5.56 Å². The van der Waals surface area contributed by atoms with E-state index in [0.717, 1.165) is 11.1 Å². The number of hydrogen-bond acceptors (Lipinski definition) is 4. The van der Waals surface area contributed by atoms with Crippen LogP contribution in [0.25, 0.3) is 11.1 Å². The summed E-state index contributed by atoms with van der Waals surface area (Å²) in [5, 5.41) is 10.2. The monoisotopic (exact) mass is 473 g/mol. The summed E-state index contributed by atoms with van der Waals surface area (Å²) in [5.41, 5.74) is 2.92. The maximum absolute atomic E-state index is 8.97. The average molecular weight is 474 g/mol. The van der Waals surface area contributed by atoms with Gasteiger partial charge in [0, 0.05) is 0 Å². The van der Waals surface area contributed by atoms with E-state index >= 15 is 0 Å². The summed E-state index contributed by atoms with van der Waals surface area (Å²) in [6, 6.07) is 18.5. The van der Waals surface area contributed by atoms with Crippen LogP contribution in [-0.4, -0.2) is 33.8 Å². The molecule has 2 rings (SSSR count). The van der Waals surface area contributed by atoms with Crippen molar-refractivity contribution in [3.63, 3.8) is 0 Å². The van der Waals surface area contributed by atoms with Gasteiger partial charge >= 0.3 is 17.1 Å². The third-order valence-corrected chi connectivity index (χ3v) is 18.6. The van der Waals surface area contributed by atoms with Gasteiger partial charge in [0.05, 0.1) is 11.6 Å². The second-order valence-electron chi connectivity index (χ2n) is 10.00. The summed E-state index contributed by atoms with van der Waals surface area (Å²) in [4.78, 5) is 0. The molecule has 0 amide bonds. The van der Waals surface area contributed by atoms with E-state index in [4.69, 9.17) is 17.6 Å². The van der Waals surface area contributed by atoms with Gasteiger partial charge in [-0.1, -0.05) is 36.4 Å². The van der Waals surface area contributed by atoms with E-state index in [-0.39, 0.29) is 0 Å². The number of hydrogen-bond donors (Lipinski definition) is 0. The fourth-order valence-electron chi connectivity index (χ4n) is 3.85. The third kappa shape index (κ3) is 7.42. The van der Waals surface area contributed by atoms with Gasteiger partial charge < -0.3 is 12.3 Å². The van der Waals surface area contributed by atoms with E-state index in [9.17, 15) is 0 Å². The number of nitrogens with zero attached hydrogens (tertiary/aromatic N) is 1. The molecule has 0 spiro atoms. The van der Waals surface area contributed by atoms with Crippen LogP contribution in [0.5, 0.6) is 0 Å². The molecule has 0 aliphatic heterocycles. The smallest absolute Gasteiger partial charge is 0.312 e. The molecule has 0 atom stereocenters. The summed E-state index contributed by atoms with van der Waals surface area (Å²) < 4.78 is 19.6. The molecule has 4 nitrogen and oxygen atoms in total. The molecule has 0 aliphatic rings. The lowest BCUT2D eigenvalue weighted by Gasteiger charge is -2.40. The van der Waals surface area contributed by atoms with Gasteiger partial charge in [-0.25, -0.2) is 0 Å². The van der Waals surface area contributed by atoms with Crippen molar-refractivity contribution in [2.45, 2.75) is 58.9 Å². The molecule has 0 bridgehead atoms. The Morgan fingerprint density at radius 3 is 1.47 bits per heavy atom. The Bertz CT molecular complexity index is 896. The summed E-state index contributed by atoms with van der Waals surface area (Å²) in [7, 11) is -8.40. The zero-order valence-electron chi connectivity index (χ0n) is 19.8. The predicted molar refractivity (Wildman–Crippen MR) is 135 cm³/mol. The summed E-state index contributed by atoms with van der Waals surface area (Å²) in [6.45, 7) is 19.6. The van der Waals surface area contributed by atoms with Crippen LogP contribution < -0.4 is 5.19 Å². The van der Waals surface area contributed by atoms with Crippen molar-refractivity contribution in [2.24, 2.45) is 0 Å². The van der Waals surface area contributed by atoms with Crippen LogP contribution in [0.3, 0.4) is 0 Å². The van der Waals surface area contributed by atoms with Crippen LogP contribution in [-0.2, 0) is 12.3 Å². The van der Waals surface area contributed by atoms with Crippen molar-refractivity contribution in [3.8, 4) is 17.2 Å². The lowest BCUT2D eigenvalue weighted by molar-refractivity contribution is 0.332. The zero-order valence-corrected chi connectivity index (χ0v) is 23.8. The summed E-state index contributed by atoms with van der Waals surface area (Å²) in [5.74, 6) is 0. The van der Waals surface area contributed by atoms with Crippen molar-refractivity contribution in [3.05, 3.63) is 54.1 Å². The topological polar surface area (TPSA) is 51.5 Å². The normalized spacial score (nSPS) is 13.2. The van der Waals surface area contributed by atoms with Crippen molar-refractivity contribution < 1.29 is 12.3 Å². The first-order valence-electron chi connectivity index (χ1n) is 10.3. The molecule has 8 heteroatoms. The van der Waals surface area contributed by atoms with Gasteiger partial charge in [0.15, 0.2) is 8.32 Å². The highest BCUT2D eigenvalue weighted by atomic mass is 28.5. The molecule has 0 aromatic heterocycles. The minimum Gasteiger partial charge on any atom is -0.437 e. The molecule has 0 fully saturated rings. The molecule has 0 saturated carbocycles. The van der Waals surface area contributed by atoms with Crippen LogP contribution >= 0.6 is 0 Å². The first kappa shape index (κ1) is 24.9. The Morgan fingerprint density at radius 1 is 0.600 bits per heavy atom. The van der Waals surface area contributed by atoms with E-state index in [1.54, 1.807) is 0 Å². The Labute approximate surface area is 186 Å². The lowest BCUT2D eigenvalue weighted by Crippen LogP contribution is -2.58. The molecule has 2 aromatic rings. The minimum atomic E-state index is -2.35. The third-order valence-electron chi connectivity index (χ3n) is 4.47. The molecule has 0 saturated heterocycles. The molecule has 2 aromatic carbocycles. The maximum atomic E-state index is 8.97. The largest absolute Gasteiger partial charge is 0.437 e. The van der Waals surface area contributed by atoms with E-state index in [1.165, 1.54) is 5.19 Å². The van der Waals surface area contributed by atoms with Gasteiger partial charge in [-0.3, -0.25) is 0 Å². The molecule has 0 heterocycles. The molecular formula is C22H35NO3Si4. The van der Waals surface area contributed by atoms with Crippen molar-refractivity contribution in [2.75, 3.05) is 0 Å². The van der Waals surface area contributed by atoms with Crippen molar-refractivity contribution >= 4 is 38.9 Å².